The second-order valence-corrected chi connectivity index (χ2v) is 7.32. The highest BCUT2D eigenvalue weighted by atomic mass is 32.1. The first-order valence-electron chi connectivity index (χ1n) is 9.71. The number of anilines is 1. The Morgan fingerprint density at radius 2 is 1.74 bits per heavy atom. The summed E-state index contributed by atoms with van der Waals surface area (Å²) in [5.74, 6) is 0.663. The van der Waals surface area contributed by atoms with Gasteiger partial charge in [0.25, 0.3) is 11.8 Å². The normalized spacial score (nSPS) is 10.4. The fraction of sp³-hybridized carbons (Fsp3) is 0.174. The third kappa shape index (κ3) is 6.42. The van der Waals surface area contributed by atoms with E-state index < -0.39 is 0 Å². The molecule has 0 saturated heterocycles. The highest BCUT2D eigenvalue weighted by Crippen LogP contribution is 2.16. The molecule has 1 heterocycles. The number of hydrogen-bond donors (Lipinski definition) is 3. The Morgan fingerprint density at radius 3 is 2.42 bits per heavy atom. The van der Waals surface area contributed by atoms with Crippen LogP contribution < -0.4 is 20.7 Å². The van der Waals surface area contributed by atoms with E-state index in [1.165, 1.54) is 0 Å². The van der Waals surface area contributed by atoms with Gasteiger partial charge in [0.15, 0.2) is 5.11 Å². The van der Waals surface area contributed by atoms with Crippen LogP contribution in [0.2, 0.25) is 0 Å². The zero-order valence-electron chi connectivity index (χ0n) is 17.2. The SMILES string of the molecule is CC(C)Oc1ccc(C(=O)NC(=S)Nc2ccccc2C(=O)NCc2ccco2)cc1. The molecule has 160 valence electrons. The number of furan rings is 1. The number of hydrogen-bond acceptors (Lipinski definition) is 5. The standard InChI is InChI=1S/C23H23N3O4S/c1-15(2)30-17-11-9-16(10-12-17)21(27)26-23(31)25-20-8-4-3-7-19(20)22(28)24-14-18-6-5-13-29-18/h3-13,15H,14H2,1-2H3,(H,24,28)(H2,25,26,27,31). The molecule has 0 unspecified atom stereocenters. The number of nitrogens with one attached hydrogen (secondary N) is 3. The Labute approximate surface area is 185 Å². The molecule has 0 aliphatic carbocycles. The van der Waals surface area contributed by atoms with Crippen LogP contribution in [-0.2, 0) is 6.54 Å². The monoisotopic (exact) mass is 437 g/mol. The molecule has 3 N–H and O–H groups in total. The number of para-hydroxylation sites is 1. The minimum atomic E-state index is -0.367. The summed E-state index contributed by atoms with van der Waals surface area (Å²) in [4.78, 5) is 25.0. The number of ether oxygens (including phenoxy) is 1. The zero-order chi connectivity index (χ0) is 22.2. The van der Waals surface area contributed by atoms with Crippen molar-refractivity contribution >= 4 is 34.8 Å². The van der Waals surface area contributed by atoms with Crippen molar-refractivity contribution in [3.05, 3.63) is 83.8 Å². The van der Waals surface area contributed by atoms with E-state index in [0.717, 1.165) is 0 Å². The summed E-state index contributed by atoms with van der Waals surface area (Å²) in [7, 11) is 0. The fourth-order valence-corrected chi connectivity index (χ4v) is 2.95. The maximum absolute atomic E-state index is 12.6. The Hall–Kier alpha value is -3.65. The van der Waals surface area contributed by atoms with Gasteiger partial charge in [-0.15, -0.1) is 0 Å². The number of benzene rings is 2. The lowest BCUT2D eigenvalue weighted by molar-refractivity contribution is 0.0947. The molecule has 3 aromatic rings. The molecular formula is C23H23N3O4S. The molecule has 0 fully saturated rings. The van der Waals surface area contributed by atoms with Crippen LogP contribution in [0, 0.1) is 0 Å². The Balaban J connectivity index is 1.60. The first kappa shape index (κ1) is 22.0. The van der Waals surface area contributed by atoms with E-state index in [1.807, 2.05) is 13.8 Å². The van der Waals surface area contributed by atoms with Crippen LogP contribution in [0.5, 0.6) is 5.75 Å². The van der Waals surface area contributed by atoms with Gasteiger partial charge >= 0.3 is 0 Å². The van der Waals surface area contributed by atoms with Crippen LogP contribution in [-0.4, -0.2) is 23.0 Å². The number of rotatable bonds is 7. The Kier molecular flexibility index (Phi) is 7.40. The van der Waals surface area contributed by atoms with Crippen LogP contribution in [0.25, 0.3) is 0 Å². The molecule has 31 heavy (non-hydrogen) atoms. The Bertz CT molecular complexity index is 1050. The molecular weight excluding hydrogens is 414 g/mol. The van der Waals surface area contributed by atoms with Gasteiger partial charge in [-0.05, 0) is 74.6 Å². The molecule has 2 amide bonds. The largest absolute Gasteiger partial charge is 0.491 e. The van der Waals surface area contributed by atoms with Crippen molar-refractivity contribution in [2.24, 2.45) is 0 Å². The minimum Gasteiger partial charge on any atom is -0.491 e. The van der Waals surface area contributed by atoms with Gasteiger partial charge < -0.3 is 19.8 Å². The van der Waals surface area contributed by atoms with Gasteiger partial charge in [0.1, 0.15) is 11.5 Å². The van der Waals surface area contributed by atoms with Gasteiger partial charge in [-0.1, -0.05) is 12.1 Å². The van der Waals surface area contributed by atoms with Gasteiger partial charge in [-0.25, -0.2) is 0 Å². The number of amides is 2. The van der Waals surface area contributed by atoms with Crippen molar-refractivity contribution in [1.82, 2.24) is 10.6 Å². The van der Waals surface area contributed by atoms with Crippen molar-refractivity contribution < 1.29 is 18.7 Å². The summed E-state index contributed by atoms with van der Waals surface area (Å²) < 4.78 is 10.8. The summed E-state index contributed by atoms with van der Waals surface area (Å²) in [5, 5.41) is 8.40. The molecule has 8 heteroatoms. The molecule has 0 bridgehead atoms. The molecule has 1 aromatic heterocycles. The molecule has 0 radical (unpaired) electrons. The smallest absolute Gasteiger partial charge is 0.257 e. The van der Waals surface area contributed by atoms with Crippen molar-refractivity contribution in [1.29, 1.82) is 0 Å². The van der Waals surface area contributed by atoms with E-state index in [9.17, 15) is 9.59 Å². The molecule has 0 saturated carbocycles. The van der Waals surface area contributed by atoms with E-state index in [-0.39, 0.29) is 29.6 Å². The van der Waals surface area contributed by atoms with Gasteiger partial charge in [-0.2, -0.15) is 0 Å². The van der Waals surface area contributed by atoms with E-state index in [4.69, 9.17) is 21.4 Å². The maximum atomic E-state index is 12.6. The van der Waals surface area contributed by atoms with Crippen LogP contribution in [0.1, 0.15) is 40.3 Å². The van der Waals surface area contributed by atoms with Gasteiger partial charge in [0.05, 0.1) is 30.2 Å². The molecule has 0 aliphatic heterocycles. The van der Waals surface area contributed by atoms with Crippen LogP contribution in [0.15, 0.2) is 71.3 Å². The first-order valence-corrected chi connectivity index (χ1v) is 10.1. The molecule has 3 rings (SSSR count). The van der Waals surface area contributed by atoms with Gasteiger partial charge in [-0.3, -0.25) is 14.9 Å². The van der Waals surface area contributed by atoms with Crippen LogP contribution in [0.3, 0.4) is 0 Å². The lowest BCUT2D eigenvalue weighted by atomic mass is 10.1. The number of thiocarbonyl (C=S) groups is 1. The zero-order valence-corrected chi connectivity index (χ0v) is 18.0. The average molecular weight is 438 g/mol. The fourth-order valence-electron chi connectivity index (χ4n) is 2.75. The summed E-state index contributed by atoms with van der Waals surface area (Å²) in [5.41, 5.74) is 1.30. The number of carbonyl (C=O) groups excluding carboxylic acids is 2. The molecule has 2 aromatic carbocycles. The van der Waals surface area contributed by atoms with E-state index in [1.54, 1.807) is 66.9 Å². The minimum absolute atomic E-state index is 0.0489. The topological polar surface area (TPSA) is 92.6 Å². The second kappa shape index (κ2) is 10.4. The van der Waals surface area contributed by atoms with Crippen LogP contribution in [0.4, 0.5) is 5.69 Å². The highest BCUT2D eigenvalue weighted by molar-refractivity contribution is 7.80. The summed E-state index contributed by atoms with van der Waals surface area (Å²) >= 11 is 5.26. The predicted octanol–water partition coefficient (Wildman–Crippen LogP) is 4.12. The lowest BCUT2D eigenvalue weighted by Gasteiger charge is -2.14. The maximum Gasteiger partial charge on any atom is 0.257 e. The predicted molar refractivity (Wildman–Crippen MR) is 122 cm³/mol. The average Bonchev–Trinajstić information content (AvgIpc) is 3.26. The summed E-state index contributed by atoms with van der Waals surface area (Å²) in [6.07, 6.45) is 1.59. The third-order valence-electron chi connectivity index (χ3n) is 4.14. The molecule has 7 nitrogen and oxygen atoms in total. The van der Waals surface area contributed by atoms with Crippen molar-refractivity contribution in [2.75, 3.05) is 5.32 Å². The lowest BCUT2D eigenvalue weighted by Crippen LogP contribution is -2.35. The van der Waals surface area contributed by atoms with Crippen molar-refractivity contribution in [3.8, 4) is 5.75 Å². The Morgan fingerprint density at radius 1 is 1.00 bits per heavy atom. The first-order chi connectivity index (χ1) is 14.9. The number of carbonyl (C=O) groups is 2. The van der Waals surface area contributed by atoms with Gasteiger partial charge in [0, 0.05) is 5.56 Å². The summed E-state index contributed by atoms with van der Waals surface area (Å²) in [6.45, 7) is 4.12. The molecule has 0 spiro atoms. The molecule has 0 aliphatic rings. The van der Waals surface area contributed by atoms with E-state index in [2.05, 4.69) is 16.0 Å². The third-order valence-corrected chi connectivity index (χ3v) is 4.34. The van der Waals surface area contributed by atoms with Gasteiger partial charge in [0.2, 0.25) is 0 Å². The van der Waals surface area contributed by atoms with Crippen LogP contribution >= 0.6 is 12.2 Å². The highest BCUT2D eigenvalue weighted by Gasteiger charge is 2.14. The molecule has 0 atom stereocenters. The van der Waals surface area contributed by atoms with E-state index >= 15 is 0 Å². The van der Waals surface area contributed by atoms with Crippen molar-refractivity contribution in [3.63, 3.8) is 0 Å². The van der Waals surface area contributed by atoms with E-state index in [0.29, 0.717) is 28.3 Å². The van der Waals surface area contributed by atoms with Crippen molar-refractivity contribution in [2.45, 2.75) is 26.5 Å². The summed E-state index contributed by atoms with van der Waals surface area (Å²) in [6, 6.07) is 17.2. The quantitative estimate of drug-likeness (QED) is 0.482. The second-order valence-electron chi connectivity index (χ2n) is 6.91.